The number of benzene rings is 6. The number of para-hydroxylation sites is 5. The van der Waals surface area contributed by atoms with Crippen molar-refractivity contribution in [1.82, 2.24) is 23.7 Å². The predicted octanol–water partition coefficient (Wildman–Crippen LogP) is 11.5. The molecule has 234 valence electrons. The monoisotopic (exact) mass is 657 g/mol. The van der Waals surface area contributed by atoms with Gasteiger partial charge in [-0.1, -0.05) is 97.1 Å². The average Bonchev–Trinajstić information content (AvgIpc) is 3.97. The topological polar surface area (TPSA) is 40.6 Å². The minimum absolute atomic E-state index is 0.663. The molecule has 50 heavy (non-hydrogen) atoms. The smallest absolute Gasteiger partial charge is 0.235 e. The Morgan fingerprint density at radius 1 is 0.440 bits per heavy atom. The molecule has 5 nitrogen and oxygen atoms in total. The highest BCUT2D eigenvalue weighted by atomic mass is 32.1. The summed E-state index contributed by atoms with van der Waals surface area (Å²) in [5.41, 5.74) is 10.9. The minimum atomic E-state index is 0.663. The molecular weight excluding hydrogens is 631 g/mol. The third kappa shape index (κ3) is 3.82. The van der Waals surface area contributed by atoms with Crippen molar-refractivity contribution in [1.29, 1.82) is 0 Å². The number of hydrogen-bond acceptors (Lipinski definition) is 3. The van der Waals surface area contributed by atoms with Crippen molar-refractivity contribution in [2.45, 2.75) is 0 Å². The second-order valence-electron chi connectivity index (χ2n) is 12.7. The molecule has 0 unspecified atom stereocenters. The molecular formula is C44H27N5S. The van der Waals surface area contributed by atoms with Gasteiger partial charge in [0, 0.05) is 50.1 Å². The first-order valence-corrected chi connectivity index (χ1v) is 17.6. The van der Waals surface area contributed by atoms with E-state index in [1.165, 1.54) is 27.1 Å². The maximum Gasteiger partial charge on any atom is 0.235 e. The molecule has 11 aromatic rings. The maximum atomic E-state index is 5.56. The third-order valence-corrected chi connectivity index (χ3v) is 10.9. The fourth-order valence-electron chi connectivity index (χ4n) is 7.89. The first-order valence-electron chi connectivity index (χ1n) is 16.8. The lowest BCUT2D eigenvalue weighted by molar-refractivity contribution is 1.02. The Kier molecular flexibility index (Phi) is 5.76. The van der Waals surface area contributed by atoms with Crippen molar-refractivity contribution >= 4 is 76.1 Å². The standard InChI is InChI=1S/C44H27N5S/c1-3-12-28(13-4-1)47-26-24-34-37(47)23-22-33-31-17-8-10-21-39(31)49(41(33)34)44-45-36-25-27-50-43(36)40(46-44)35-19-11-18-32-30-16-7-9-20-38(30)48(42(32)35)29-14-5-2-6-15-29/h1-27H. The number of aromatic nitrogens is 5. The van der Waals surface area contributed by atoms with Crippen molar-refractivity contribution in [2.24, 2.45) is 0 Å². The molecule has 0 amide bonds. The average molecular weight is 658 g/mol. The van der Waals surface area contributed by atoms with Gasteiger partial charge in [-0.15, -0.1) is 11.3 Å². The van der Waals surface area contributed by atoms with Crippen LogP contribution in [0.1, 0.15) is 0 Å². The second kappa shape index (κ2) is 10.5. The molecule has 11 rings (SSSR count). The molecule has 0 N–H and O–H groups in total. The van der Waals surface area contributed by atoms with E-state index < -0.39 is 0 Å². The number of hydrogen-bond donors (Lipinski definition) is 0. The van der Waals surface area contributed by atoms with E-state index in [2.05, 4.69) is 177 Å². The van der Waals surface area contributed by atoms with Crippen LogP contribution in [0, 0.1) is 0 Å². The summed E-state index contributed by atoms with van der Waals surface area (Å²) in [5, 5.41) is 8.07. The van der Waals surface area contributed by atoms with Gasteiger partial charge in [0.2, 0.25) is 5.95 Å². The maximum absolute atomic E-state index is 5.56. The Hall–Kier alpha value is -6.50. The summed E-state index contributed by atoms with van der Waals surface area (Å²) in [6, 6.07) is 53.9. The normalized spacial score (nSPS) is 12.0. The fraction of sp³-hybridized carbons (Fsp3) is 0. The molecule has 0 aliphatic rings. The van der Waals surface area contributed by atoms with Gasteiger partial charge in [-0.25, -0.2) is 9.97 Å². The van der Waals surface area contributed by atoms with Crippen molar-refractivity contribution < 1.29 is 0 Å². The molecule has 0 bridgehead atoms. The number of rotatable bonds is 4. The van der Waals surface area contributed by atoms with Crippen LogP contribution < -0.4 is 0 Å². The van der Waals surface area contributed by atoms with E-state index in [1.807, 2.05) is 0 Å². The molecule has 0 spiro atoms. The summed E-state index contributed by atoms with van der Waals surface area (Å²) < 4.78 is 7.99. The minimum Gasteiger partial charge on any atom is -0.316 e. The summed E-state index contributed by atoms with van der Waals surface area (Å²) in [6.07, 6.45) is 2.17. The van der Waals surface area contributed by atoms with Gasteiger partial charge in [-0.05, 0) is 60.0 Å². The molecule has 0 saturated heterocycles. The van der Waals surface area contributed by atoms with Crippen molar-refractivity contribution in [3.8, 4) is 28.6 Å². The largest absolute Gasteiger partial charge is 0.316 e. The summed E-state index contributed by atoms with van der Waals surface area (Å²) in [7, 11) is 0. The van der Waals surface area contributed by atoms with Gasteiger partial charge in [-0.3, -0.25) is 4.57 Å². The van der Waals surface area contributed by atoms with E-state index in [4.69, 9.17) is 9.97 Å². The van der Waals surface area contributed by atoms with Crippen LogP contribution in [-0.2, 0) is 0 Å². The van der Waals surface area contributed by atoms with Gasteiger partial charge in [0.1, 0.15) is 0 Å². The second-order valence-corrected chi connectivity index (χ2v) is 13.6. The molecule has 0 aliphatic heterocycles. The van der Waals surface area contributed by atoms with E-state index in [-0.39, 0.29) is 0 Å². The molecule has 0 radical (unpaired) electrons. The van der Waals surface area contributed by atoms with Gasteiger partial charge < -0.3 is 9.13 Å². The van der Waals surface area contributed by atoms with Crippen LogP contribution in [0.25, 0.3) is 93.3 Å². The molecule has 0 atom stereocenters. The zero-order valence-electron chi connectivity index (χ0n) is 26.7. The molecule has 0 fully saturated rings. The van der Waals surface area contributed by atoms with Crippen molar-refractivity contribution in [3.05, 3.63) is 163 Å². The van der Waals surface area contributed by atoms with Gasteiger partial charge in [0.15, 0.2) is 0 Å². The zero-order chi connectivity index (χ0) is 32.8. The Balaban J connectivity index is 1.25. The van der Waals surface area contributed by atoms with Crippen LogP contribution in [0.2, 0.25) is 0 Å². The van der Waals surface area contributed by atoms with Gasteiger partial charge >= 0.3 is 0 Å². The van der Waals surface area contributed by atoms with Crippen molar-refractivity contribution in [3.63, 3.8) is 0 Å². The lowest BCUT2D eigenvalue weighted by Gasteiger charge is -2.14. The highest BCUT2D eigenvalue weighted by molar-refractivity contribution is 7.17. The SMILES string of the molecule is c1ccc(-n2ccc3c2ccc2c4ccccc4n(-c4nc(-c5cccc6c7ccccc7n(-c7ccccc7)c56)c5sccc5n4)c23)cc1. The number of nitrogens with zero attached hydrogens (tertiary/aromatic N) is 5. The Morgan fingerprint density at radius 3 is 1.88 bits per heavy atom. The highest BCUT2D eigenvalue weighted by Crippen LogP contribution is 2.42. The first kappa shape index (κ1) is 27.5. The van der Waals surface area contributed by atoms with Gasteiger partial charge in [0.05, 0.1) is 43.5 Å². The predicted molar refractivity (Wildman–Crippen MR) is 208 cm³/mol. The zero-order valence-corrected chi connectivity index (χ0v) is 27.5. The third-order valence-electron chi connectivity index (χ3n) is 9.99. The van der Waals surface area contributed by atoms with E-state index in [0.29, 0.717) is 5.95 Å². The fourth-order valence-corrected chi connectivity index (χ4v) is 8.72. The Morgan fingerprint density at radius 2 is 1.10 bits per heavy atom. The highest BCUT2D eigenvalue weighted by Gasteiger charge is 2.23. The van der Waals surface area contributed by atoms with Crippen molar-refractivity contribution in [2.75, 3.05) is 0 Å². The molecule has 5 aromatic heterocycles. The number of thiophene rings is 1. The number of fused-ring (bicyclic) bond motifs is 9. The molecule has 0 aliphatic carbocycles. The summed E-state index contributed by atoms with van der Waals surface area (Å²) >= 11 is 1.70. The van der Waals surface area contributed by atoms with Crippen LogP contribution >= 0.6 is 11.3 Å². The van der Waals surface area contributed by atoms with Crippen LogP contribution in [0.15, 0.2) is 163 Å². The summed E-state index contributed by atoms with van der Waals surface area (Å²) in [5.74, 6) is 0.663. The summed E-state index contributed by atoms with van der Waals surface area (Å²) in [4.78, 5) is 10.8. The van der Waals surface area contributed by atoms with Crippen LogP contribution in [-0.4, -0.2) is 23.7 Å². The van der Waals surface area contributed by atoms with Gasteiger partial charge in [-0.2, -0.15) is 0 Å². The van der Waals surface area contributed by atoms with Crippen LogP contribution in [0.4, 0.5) is 0 Å². The van der Waals surface area contributed by atoms with E-state index in [9.17, 15) is 0 Å². The molecule has 0 saturated carbocycles. The molecule has 6 aromatic carbocycles. The quantitative estimate of drug-likeness (QED) is 0.189. The van der Waals surface area contributed by atoms with Crippen LogP contribution in [0.5, 0.6) is 0 Å². The van der Waals surface area contributed by atoms with E-state index in [1.54, 1.807) is 11.3 Å². The van der Waals surface area contributed by atoms with E-state index in [0.717, 1.165) is 60.3 Å². The van der Waals surface area contributed by atoms with Gasteiger partial charge in [0.25, 0.3) is 0 Å². The molecule has 5 heterocycles. The Bertz CT molecular complexity index is 3090. The van der Waals surface area contributed by atoms with Crippen LogP contribution in [0.3, 0.4) is 0 Å². The van der Waals surface area contributed by atoms with E-state index >= 15 is 0 Å². The molecule has 6 heteroatoms. The lowest BCUT2D eigenvalue weighted by Crippen LogP contribution is -2.03. The lowest BCUT2D eigenvalue weighted by atomic mass is 10.1. The summed E-state index contributed by atoms with van der Waals surface area (Å²) in [6.45, 7) is 0. The Labute approximate surface area is 290 Å². The first-order chi connectivity index (χ1) is 24.8.